The number of anilines is 1. The zero-order valence-electron chi connectivity index (χ0n) is 11.3. The molecule has 1 aromatic carbocycles. The second kappa shape index (κ2) is 6.94. The van der Waals surface area contributed by atoms with Crippen LogP contribution in [0.1, 0.15) is 10.4 Å². The van der Waals surface area contributed by atoms with E-state index in [2.05, 4.69) is 40.8 Å². The largest absolute Gasteiger partial charge is 0.374 e. The minimum Gasteiger partial charge on any atom is -0.374 e. The monoisotopic (exact) mass is 294 g/mol. The van der Waals surface area contributed by atoms with Crippen LogP contribution in [-0.4, -0.2) is 20.6 Å². The fourth-order valence-corrected chi connectivity index (χ4v) is 3.00. The fraction of sp³-hybridized carbons (Fsp3) is 0.333. The number of hydrogen-bond acceptors (Lipinski definition) is 3. The third kappa shape index (κ3) is 3.96. The van der Waals surface area contributed by atoms with Crippen LogP contribution in [-0.2, 0) is 13.0 Å². The maximum atomic E-state index is 6.07. The normalized spacial score (nSPS) is 10.7. The van der Waals surface area contributed by atoms with Gasteiger partial charge < -0.3 is 10.2 Å². The topological polar surface area (TPSA) is 15.3 Å². The number of nitrogens with zero attached hydrogens (tertiary/aromatic N) is 1. The van der Waals surface area contributed by atoms with Gasteiger partial charge >= 0.3 is 0 Å². The number of benzene rings is 1. The predicted molar refractivity (Wildman–Crippen MR) is 85.5 cm³/mol. The second-order valence-electron chi connectivity index (χ2n) is 4.55. The Morgan fingerprint density at radius 1 is 1.32 bits per heavy atom. The van der Waals surface area contributed by atoms with E-state index in [4.69, 9.17) is 11.6 Å². The number of thiophene rings is 1. The van der Waals surface area contributed by atoms with E-state index in [1.54, 1.807) is 0 Å². The maximum absolute atomic E-state index is 6.07. The SMILES string of the molecule is CNCc1cc(Cl)ccc1N(C)CCc1cccs1. The summed E-state index contributed by atoms with van der Waals surface area (Å²) in [6, 6.07) is 10.4. The molecule has 0 atom stereocenters. The molecule has 0 saturated heterocycles. The molecule has 0 unspecified atom stereocenters. The molecule has 2 nitrogen and oxygen atoms in total. The van der Waals surface area contributed by atoms with Gasteiger partial charge in [-0.2, -0.15) is 0 Å². The third-order valence-corrected chi connectivity index (χ3v) is 4.27. The van der Waals surface area contributed by atoms with Crippen molar-refractivity contribution in [3.8, 4) is 0 Å². The average Bonchev–Trinajstić information content (AvgIpc) is 2.90. The zero-order valence-corrected chi connectivity index (χ0v) is 12.9. The van der Waals surface area contributed by atoms with Crippen LogP contribution in [0.5, 0.6) is 0 Å². The summed E-state index contributed by atoms with van der Waals surface area (Å²) in [5, 5.41) is 6.11. The van der Waals surface area contributed by atoms with Gasteiger partial charge in [0.1, 0.15) is 0 Å². The Bertz CT molecular complexity index is 511. The number of halogens is 1. The van der Waals surface area contributed by atoms with Crippen molar-refractivity contribution >= 4 is 28.6 Å². The third-order valence-electron chi connectivity index (χ3n) is 3.09. The van der Waals surface area contributed by atoms with Gasteiger partial charge in [-0.1, -0.05) is 17.7 Å². The van der Waals surface area contributed by atoms with Gasteiger partial charge in [0.15, 0.2) is 0 Å². The molecule has 2 rings (SSSR count). The Morgan fingerprint density at radius 3 is 2.84 bits per heavy atom. The minimum atomic E-state index is 0.792. The van der Waals surface area contributed by atoms with Crippen molar-refractivity contribution in [2.45, 2.75) is 13.0 Å². The van der Waals surface area contributed by atoms with Gasteiger partial charge in [-0.25, -0.2) is 0 Å². The van der Waals surface area contributed by atoms with Crippen LogP contribution in [0.4, 0.5) is 5.69 Å². The van der Waals surface area contributed by atoms with Crippen LogP contribution in [0, 0.1) is 0 Å². The quantitative estimate of drug-likeness (QED) is 0.872. The van der Waals surface area contributed by atoms with Crippen LogP contribution < -0.4 is 10.2 Å². The Labute approximate surface area is 124 Å². The fourth-order valence-electron chi connectivity index (χ4n) is 2.11. The first-order valence-corrected chi connectivity index (χ1v) is 7.63. The first-order chi connectivity index (χ1) is 9.20. The van der Waals surface area contributed by atoms with Crippen molar-refractivity contribution in [1.29, 1.82) is 0 Å². The summed E-state index contributed by atoms with van der Waals surface area (Å²) in [6.07, 6.45) is 1.08. The molecular formula is C15H19ClN2S. The molecular weight excluding hydrogens is 276 g/mol. The van der Waals surface area contributed by atoms with Crippen LogP contribution in [0.2, 0.25) is 5.02 Å². The summed E-state index contributed by atoms with van der Waals surface area (Å²) in [4.78, 5) is 3.72. The van der Waals surface area contributed by atoms with E-state index in [1.807, 2.05) is 30.5 Å². The lowest BCUT2D eigenvalue weighted by Gasteiger charge is -2.22. The van der Waals surface area contributed by atoms with E-state index in [-0.39, 0.29) is 0 Å². The highest BCUT2D eigenvalue weighted by Crippen LogP contribution is 2.24. The maximum Gasteiger partial charge on any atom is 0.0410 e. The highest BCUT2D eigenvalue weighted by Gasteiger charge is 2.08. The van der Waals surface area contributed by atoms with Crippen molar-refractivity contribution in [3.05, 3.63) is 51.2 Å². The summed E-state index contributed by atoms with van der Waals surface area (Å²) in [6.45, 7) is 1.85. The highest BCUT2D eigenvalue weighted by atomic mass is 35.5. The van der Waals surface area contributed by atoms with Gasteiger partial charge in [-0.05, 0) is 48.7 Å². The molecule has 0 amide bonds. The summed E-state index contributed by atoms with van der Waals surface area (Å²) in [5.41, 5.74) is 2.49. The molecule has 4 heteroatoms. The molecule has 0 fully saturated rings. The molecule has 0 aliphatic rings. The van der Waals surface area contributed by atoms with Gasteiger partial charge in [0.2, 0.25) is 0 Å². The molecule has 19 heavy (non-hydrogen) atoms. The number of hydrogen-bond donors (Lipinski definition) is 1. The van der Waals surface area contributed by atoms with Crippen molar-refractivity contribution in [2.75, 3.05) is 25.5 Å². The van der Waals surface area contributed by atoms with Crippen LogP contribution in [0.25, 0.3) is 0 Å². The van der Waals surface area contributed by atoms with Crippen molar-refractivity contribution in [1.82, 2.24) is 5.32 Å². The van der Waals surface area contributed by atoms with E-state index < -0.39 is 0 Å². The molecule has 0 spiro atoms. The van der Waals surface area contributed by atoms with Crippen molar-refractivity contribution in [2.24, 2.45) is 0 Å². The Hall–Kier alpha value is -1.03. The Balaban J connectivity index is 2.07. The van der Waals surface area contributed by atoms with E-state index >= 15 is 0 Å². The molecule has 0 radical (unpaired) electrons. The lowest BCUT2D eigenvalue weighted by Crippen LogP contribution is -2.22. The van der Waals surface area contributed by atoms with E-state index in [0.717, 1.165) is 24.5 Å². The predicted octanol–water partition coefficient (Wildman–Crippen LogP) is 3.80. The smallest absolute Gasteiger partial charge is 0.0410 e. The summed E-state index contributed by atoms with van der Waals surface area (Å²) in [7, 11) is 4.09. The van der Waals surface area contributed by atoms with E-state index in [1.165, 1.54) is 16.1 Å². The molecule has 0 saturated carbocycles. The van der Waals surface area contributed by atoms with Gasteiger partial charge in [0.05, 0.1) is 0 Å². The van der Waals surface area contributed by atoms with Crippen LogP contribution in [0.3, 0.4) is 0 Å². The summed E-state index contributed by atoms with van der Waals surface area (Å²) >= 11 is 7.89. The standard InChI is InChI=1S/C15H19ClN2S/c1-17-11-12-10-13(16)5-6-15(12)18(2)8-7-14-4-3-9-19-14/h3-6,9-10,17H,7-8,11H2,1-2H3. The molecule has 0 bridgehead atoms. The first kappa shape index (κ1) is 14.4. The van der Waals surface area contributed by atoms with Gasteiger partial charge in [-0.3, -0.25) is 0 Å². The molecule has 2 aromatic rings. The lowest BCUT2D eigenvalue weighted by molar-refractivity contribution is 0.803. The van der Waals surface area contributed by atoms with E-state index in [9.17, 15) is 0 Å². The second-order valence-corrected chi connectivity index (χ2v) is 6.02. The summed E-state index contributed by atoms with van der Waals surface area (Å²) < 4.78 is 0. The number of rotatable bonds is 6. The van der Waals surface area contributed by atoms with Gasteiger partial charge in [-0.15, -0.1) is 11.3 Å². The van der Waals surface area contributed by atoms with Crippen molar-refractivity contribution < 1.29 is 0 Å². The Morgan fingerprint density at radius 2 is 2.16 bits per heavy atom. The van der Waals surface area contributed by atoms with E-state index in [0.29, 0.717) is 0 Å². The van der Waals surface area contributed by atoms with Gasteiger partial charge in [0, 0.05) is 35.7 Å². The average molecular weight is 295 g/mol. The van der Waals surface area contributed by atoms with Crippen LogP contribution in [0.15, 0.2) is 35.7 Å². The molecule has 0 aliphatic carbocycles. The van der Waals surface area contributed by atoms with Crippen molar-refractivity contribution in [3.63, 3.8) is 0 Å². The molecule has 0 aliphatic heterocycles. The molecule has 1 heterocycles. The molecule has 102 valence electrons. The van der Waals surface area contributed by atoms with Crippen LogP contribution >= 0.6 is 22.9 Å². The summed E-state index contributed by atoms with van der Waals surface area (Å²) in [5.74, 6) is 0. The highest BCUT2D eigenvalue weighted by molar-refractivity contribution is 7.09. The first-order valence-electron chi connectivity index (χ1n) is 6.37. The molecule has 1 N–H and O–H groups in total. The zero-order chi connectivity index (χ0) is 13.7. The minimum absolute atomic E-state index is 0.792. The Kier molecular flexibility index (Phi) is 5.25. The molecule has 1 aromatic heterocycles. The van der Waals surface area contributed by atoms with Gasteiger partial charge in [0.25, 0.3) is 0 Å². The number of nitrogens with one attached hydrogen (secondary N) is 1. The number of likely N-dealkylation sites (N-methyl/N-ethyl adjacent to an activating group) is 1. The lowest BCUT2D eigenvalue weighted by atomic mass is 10.1.